The predicted molar refractivity (Wildman–Crippen MR) is 116 cm³/mol. The molecule has 0 aliphatic heterocycles. The Kier molecular flexibility index (Phi) is 7.13. The van der Waals surface area contributed by atoms with Crippen LogP contribution in [0.4, 0.5) is 5.69 Å². The highest BCUT2D eigenvalue weighted by Gasteiger charge is 2.12. The van der Waals surface area contributed by atoms with Gasteiger partial charge in [-0.25, -0.2) is 0 Å². The fraction of sp³-hybridized carbons (Fsp3) is 0.182. The smallest absolute Gasteiger partial charge is 0.291 e. The summed E-state index contributed by atoms with van der Waals surface area (Å²) in [4.78, 5) is 24.7. The van der Waals surface area contributed by atoms with Crippen LogP contribution in [0.2, 0.25) is 0 Å². The topological polar surface area (TPSA) is 89.8 Å². The molecule has 156 valence electrons. The van der Waals surface area contributed by atoms with Crippen LogP contribution in [0, 0.1) is 0 Å². The van der Waals surface area contributed by atoms with Crippen molar-refractivity contribution in [1.29, 1.82) is 0 Å². The molecule has 0 aliphatic carbocycles. The zero-order chi connectivity index (χ0) is 21.5. The van der Waals surface area contributed by atoms with Crippen molar-refractivity contribution in [1.82, 2.24) is 5.32 Å². The number of carbonyl (C=O) groups is 2. The van der Waals surface area contributed by atoms with Crippen molar-refractivity contribution in [3.8, 4) is 11.5 Å². The molecule has 0 spiro atoms. The van der Waals surface area contributed by atoms with E-state index in [1.807, 2.05) is 12.1 Å². The van der Waals surface area contributed by atoms with Crippen LogP contribution in [-0.2, 0) is 6.42 Å². The monoisotopic (exact) mass is 472 g/mol. The fourth-order valence-electron chi connectivity index (χ4n) is 2.84. The van der Waals surface area contributed by atoms with Gasteiger partial charge in [0.05, 0.1) is 14.2 Å². The summed E-state index contributed by atoms with van der Waals surface area (Å²) in [6, 6.07) is 15.5. The second kappa shape index (κ2) is 9.98. The summed E-state index contributed by atoms with van der Waals surface area (Å²) in [6.45, 7) is 0.429. The number of hydrogen-bond acceptors (Lipinski definition) is 5. The number of halogens is 1. The maximum absolute atomic E-state index is 12.5. The van der Waals surface area contributed by atoms with Crippen LogP contribution in [-0.4, -0.2) is 32.6 Å². The number of amides is 2. The summed E-state index contributed by atoms with van der Waals surface area (Å²) in [5.74, 6) is 0.952. The molecule has 3 rings (SSSR count). The van der Waals surface area contributed by atoms with E-state index in [1.165, 1.54) is 0 Å². The number of benzene rings is 2. The number of carbonyl (C=O) groups excluding carboxylic acids is 2. The van der Waals surface area contributed by atoms with E-state index in [2.05, 4.69) is 26.6 Å². The van der Waals surface area contributed by atoms with E-state index in [4.69, 9.17) is 13.9 Å². The first-order valence-electron chi connectivity index (χ1n) is 9.16. The molecule has 3 aromatic rings. The van der Waals surface area contributed by atoms with Crippen molar-refractivity contribution in [2.75, 3.05) is 26.1 Å². The summed E-state index contributed by atoms with van der Waals surface area (Å²) < 4.78 is 16.3. The molecule has 0 bridgehead atoms. The lowest BCUT2D eigenvalue weighted by Crippen LogP contribution is -2.26. The average molecular weight is 473 g/mol. The van der Waals surface area contributed by atoms with Gasteiger partial charge < -0.3 is 24.5 Å². The molecule has 0 saturated heterocycles. The summed E-state index contributed by atoms with van der Waals surface area (Å²) in [5.41, 5.74) is 1.90. The Balaban J connectivity index is 1.58. The molecule has 0 unspecified atom stereocenters. The van der Waals surface area contributed by atoms with Gasteiger partial charge in [0.25, 0.3) is 11.8 Å². The average Bonchev–Trinajstić information content (AvgIpc) is 3.20. The van der Waals surface area contributed by atoms with Crippen LogP contribution in [0.5, 0.6) is 11.5 Å². The van der Waals surface area contributed by atoms with E-state index in [1.54, 1.807) is 56.7 Å². The highest BCUT2D eigenvalue weighted by atomic mass is 79.9. The quantitative estimate of drug-likeness (QED) is 0.510. The van der Waals surface area contributed by atoms with E-state index >= 15 is 0 Å². The van der Waals surface area contributed by atoms with Gasteiger partial charge in [0.1, 0.15) is 11.5 Å². The third-order valence-corrected chi connectivity index (χ3v) is 4.78. The Hall–Kier alpha value is -3.26. The lowest BCUT2D eigenvalue weighted by Gasteiger charge is -2.11. The number of hydrogen-bond donors (Lipinski definition) is 2. The molecule has 30 heavy (non-hydrogen) atoms. The highest BCUT2D eigenvalue weighted by Crippen LogP contribution is 2.24. The Bertz CT molecular complexity index is 1050. The number of rotatable bonds is 8. The molecule has 8 heteroatoms. The van der Waals surface area contributed by atoms with E-state index in [-0.39, 0.29) is 11.7 Å². The van der Waals surface area contributed by atoms with Gasteiger partial charge in [-0.2, -0.15) is 0 Å². The molecular weight excluding hydrogens is 452 g/mol. The van der Waals surface area contributed by atoms with Crippen LogP contribution in [0.25, 0.3) is 0 Å². The molecular formula is C22H21BrN2O5. The van der Waals surface area contributed by atoms with E-state index in [0.29, 0.717) is 40.4 Å². The molecule has 0 saturated carbocycles. The maximum atomic E-state index is 12.5. The Morgan fingerprint density at radius 3 is 2.53 bits per heavy atom. The number of furan rings is 1. The van der Waals surface area contributed by atoms with Crippen LogP contribution in [0.15, 0.2) is 63.7 Å². The van der Waals surface area contributed by atoms with Gasteiger partial charge >= 0.3 is 0 Å². The third kappa shape index (κ3) is 5.42. The molecule has 0 fully saturated rings. The molecule has 0 atom stereocenters. The fourth-order valence-corrected chi connectivity index (χ4v) is 3.14. The molecule has 2 amide bonds. The zero-order valence-electron chi connectivity index (χ0n) is 16.5. The van der Waals surface area contributed by atoms with E-state index in [0.717, 1.165) is 5.56 Å². The van der Waals surface area contributed by atoms with Gasteiger partial charge in [-0.1, -0.05) is 12.1 Å². The Morgan fingerprint density at radius 1 is 1.00 bits per heavy atom. The van der Waals surface area contributed by atoms with Crippen molar-refractivity contribution in [3.05, 3.63) is 76.2 Å². The number of methoxy groups -OCH3 is 2. The van der Waals surface area contributed by atoms with Crippen molar-refractivity contribution in [2.45, 2.75) is 6.42 Å². The van der Waals surface area contributed by atoms with Crippen LogP contribution < -0.4 is 20.1 Å². The molecule has 2 aromatic carbocycles. The molecule has 7 nitrogen and oxygen atoms in total. The van der Waals surface area contributed by atoms with Gasteiger partial charge in [-0.3, -0.25) is 9.59 Å². The van der Waals surface area contributed by atoms with Gasteiger partial charge in [0.2, 0.25) is 0 Å². The largest absolute Gasteiger partial charge is 0.497 e. The zero-order valence-corrected chi connectivity index (χ0v) is 18.1. The summed E-state index contributed by atoms with van der Waals surface area (Å²) in [5, 5.41) is 5.59. The summed E-state index contributed by atoms with van der Waals surface area (Å²) in [7, 11) is 3.19. The minimum Gasteiger partial charge on any atom is -0.497 e. The lowest BCUT2D eigenvalue weighted by molar-refractivity contribution is 0.0951. The minimum absolute atomic E-state index is 0.171. The van der Waals surface area contributed by atoms with Gasteiger partial charge in [0, 0.05) is 23.9 Å². The molecule has 1 aromatic heterocycles. The first kappa shape index (κ1) is 21.4. The highest BCUT2D eigenvalue weighted by molar-refractivity contribution is 9.10. The summed E-state index contributed by atoms with van der Waals surface area (Å²) >= 11 is 3.16. The van der Waals surface area contributed by atoms with Crippen molar-refractivity contribution in [3.63, 3.8) is 0 Å². The standard InChI is InChI=1S/C22H21BrN2O5/c1-28-17-7-6-14(19(13-17)29-2)10-11-24-21(26)15-4-3-5-16(12-15)25-22(27)18-8-9-20(23)30-18/h3-9,12-13H,10-11H2,1-2H3,(H,24,26)(H,25,27). The maximum Gasteiger partial charge on any atom is 0.291 e. The Labute approximate surface area is 182 Å². The van der Waals surface area contributed by atoms with Crippen LogP contribution >= 0.6 is 15.9 Å². The minimum atomic E-state index is -0.398. The third-order valence-electron chi connectivity index (χ3n) is 4.35. The predicted octanol–water partition coefficient (Wildman–Crippen LogP) is 4.28. The number of anilines is 1. The van der Waals surface area contributed by atoms with Gasteiger partial charge in [-0.15, -0.1) is 0 Å². The van der Waals surface area contributed by atoms with Gasteiger partial charge in [0.15, 0.2) is 10.4 Å². The van der Waals surface area contributed by atoms with Crippen LogP contribution in [0.1, 0.15) is 26.5 Å². The first-order valence-corrected chi connectivity index (χ1v) is 9.95. The normalized spacial score (nSPS) is 10.4. The number of nitrogens with one attached hydrogen (secondary N) is 2. The SMILES string of the molecule is COc1ccc(CCNC(=O)c2cccc(NC(=O)c3ccc(Br)o3)c2)c(OC)c1. The van der Waals surface area contributed by atoms with E-state index < -0.39 is 5.91 Å². The van der Waals surface area contributed by atoms with Gasteiger partial charge in [-0.05, 0) is 64.3 Å². The molecule has 0 aliphatic rings. The summed E-state index contributed by atoms with van der Waals surface area (Å²) in [6.07, 6.45) is 0.600. The second-order valence-corrected chi connectivity index (χ2v) is 7.10. The lowest BCUT2D eigenvalue weighted by atomic mass is 10.1. The Morgan fingerprint density at radius 2 is 1.83 bits per heavy atom. The molecule has 2 N–H and O–H groups in total. The molecule has 0 radical (unpaired) electrons. The van der Waals surface area contributed by atoms with Crippen LogP contribution in [0.3, 0.4) is 0 Å². The number of ether oxygens (including phenoxy) is 2. The van der Waals surface area contributed by atoms with Crippen molar-refractivity contribution in [2.24, 2.45) is 0 Å². The van der Waals surface area contributed by atoms with Crippen molar-refractivity contribution >= 4 is 33.4 Å². The first-order chi connectivity index (χ1) is 14.5. The molecule has 1 heterocycles. The van der Waals surface area contributed by atoms with E-state index in [9.17, 15) is 9.59 Å². The van der Waals surface area contributed by atoms with Crippen molar-refractivity contribution < 1.29 is 23.5 Å². The second-order valence-electron chi connectivity index (χ2n) is 6.32.